The highest BCUT2D eigenvalue weighted by Crippen LogP contribution is 2.28. The van der Waals surface area contributed by atoms with Crippen molar-refractivity contribution in [2.75, 3.05) is 18.1 Å². The molecule has 1 aromatic carbocycles. The van der Waals surface area contributed by atoms with Crippen LogP contribution < -0.4 is 10.1 Å². The van der Waals surface area contributed by atoms with Crippen molar-refractivity contribution in [2.45, 2.75) is 39.8 Å². The van der Waals surface area contributed by atoms with Crippen LogP contribution in [0.1, 0.15) is 30.0 Å². The molecule has 0 radical (unpaired) electrons. The number of aryl methyl sites for hydroxylation is 2. The molecule has 1 aliphatic heterocycles. The van der Waals surface area contributed by atoms with Gasteiger partial charge < -0.3 is 10.1 Å². The van der Waals surface area contributed by atoms with Crippen LogP contribution >= 0.6 is 0 Å². The second kappa shape index (κ2) is 6.14. The summed E-state index contributed by atoms with van der Waals surface area (Å²) in [5.74, 6) is 1.23. The lowest BCUT2D eigenvalue weighted by atomic mass is 10.1. The molecule has 1 heterocycles. The van der Waals surface area contributed by atoms with Crippen molar-refractivity contribution in [1.82, 2.24) is 5.32 Å². The maximum atomic E-state index is 11.5. The molecule has 0 aliphatic carbocycles. The standard InChI is InChI=1S/C15H23NO3S/c1-4-16-9-13-7-11(2)15(12(3)8-13)19-14-5-6-20(17,18)10-14/h7-8,14,16H,4-6,9-10H2,1-3H3. The van der Waals surface area contributed by atoms with E-state index >= 15 is 0 Å². The lowest BCUT2D eigenvalue weighted by Crippen LogP contribution is -2.19. The number of sulfone groups is 1. The molecule has 1 saturated heterocycles. The van der Waals surface area contributed by atoms with Gasteiger partial charge in [0.15, 0.2) is 9.84 Å². The van der Waals surface area contributed by atoms with E-state index < -0.39 is 9.84 Å². The molecule has 1 N–H and O–H groups in total. The number of rotatable bonds is 5. The van der Waals surface area contributed by atoms with Crippen LogP contribution in [-0.4, -0.2) is 32.6 Å². The molecule has 1 aliphatic rings. The van der Waals surface area contributed by atoms with E-state index in [2.05, 4.69) is 24.4 Å². The summed E-state index contributed by atoms with van der Waals surface area (Å²) in [7, 11) is -2.90. The summed E-state index contributed by atoms with van der Waals surface area (Å²) < 4.78 is 28.9. The zero-order valence-corrected chi connectivity index (χ0v) is 13.2. The summed E-state index contributed by atoms with van der Waals surface area (Å²) >= 11 is 0. The van der Waals surface area contributed by atoms with Crippen molar-refractivity contribution < 1.29 is 13.2 Å². The third-order valence-corrected chi connectivity index (χ3v) is 5.31. The van der Waals surface area contributed by atoms with Gasteiger partial charge in [-0.25, -0.2) is 8.42 Å². The van der Waals surface area contributed by atoms with Gasteiger partial charge in [-0.1, -0.05) is 19.1 Å². The van der Waals surface area contributed by atoms with Crippen LogP contribution in [0.15, 0.2) is 12.1 Å². The quantitative estimate of drug-likeness (QED) is 0.903. The van der Waals surface area contributed by atoms with E-state index in [1.165, 1.54) is 5.56 Å². The Kier molecular flexibility index (Phi) is 4.70. The van der Waals surface area contributed by atoms with Gasteiger partial charge >= 0.3 is 0 Å². The zero-order chi connectivity index (χ0) is 14.8. The molecule has 20 heavy (non-hydrogen) atoms. The predicted molar refractivity (Wildman–Crippen MR) is 81.0 cm³/mol. The van der Waals surface area contributed by atoms with E-state index in [4.69, 9.17) is 4.74 Å². The van der Waals surface area contributed by atoms with Crippen molar-refractivity contribution in [3.63, 3.8) is 0 Å². The fourth-order valence-electron chi connectivity index (χ4n) is 2.62. The van der Waals surface area contributed by atoms with Crippen molar-refractivity contribution >= 4 is 9.84 Å². The molecule has 4 nitrogen and oxygen atoms in total. The highest BCUT2D eigenvalue weighted by atomic mass is 32.2. The summed E-state index contributed by atoms with van der Waals surface area (Å²) in [5.41, 5.74) is 3.37. The summed E-state index contributed by atoms with van der Waals surface area (Å²) in [6, 6.07) is 4.21. The lowest BCUT2D eigenvalue weighted by Gasteiger charge is -2.18. The predicted octanol–water partition coefficient (Wildman–Crippen LogP) is 1.98. The average molecular weight is 297 g/mol. The van der Waals surface area contributed by atoms with Gasteiger partial charge in [-0.05, 0) is 43.5 Å². The van der Waals surface area contributed by atoms with E-state index in [0.29, 0.717) is 6.42 Å². The molecular weight excluding hydrogens is 274 g/mol. The third kappa shape index (κ3) is 3.73. The molecular formula is C15H23NO3S. The molecule has 5 heteroatoms. The van der Waals surface area contributed by atoms with Gasteiger partial charge in [0.25, 0.3) is 0 Å². The van der Waals surface area contributed by atoms with Gasteiger partial charge in [-0.15, -0.1) is 0 Å². The second-order valence-corrected chi connectivity index (χ2v) is 7.71. The van der Waals surface area contributed by atoms with E-state index in [1.54, 1.807) is 0 Å². The van der Waals surface area contributed by atoms with Gasteiger partial charge in [0, 0.05) is 6.54 Å². The van der Waals surface area contributed by atoms with Gasteiger partial charge in [0.1, 0.15) is 11.9 Å². The van der Waals surface area contributed by atoms with Crippen LogP contribution in [0.4, 0.5) is 0 Å². The number of benzene rings is 1. The molecule has 2 rings (SSSR count). The van der Waals surface area contributed by atoms with Crippen LogP contribution in [0.3, 0.4) is 0 Å². The van der Waals surface area contributed by atoms with Crippen LogP contribution in [-0.2, 0) is 16.4 Å². The van der Waals surface area contributed by atoms with Gasteiger partial charge in [0.2, 0.25) is 0 Å². The molecule has 1 unspecified atom stereocenters. The number of hydrogen-bond donors (Lipinski definition) is 1. The first-order chi connectivity index (χ1) is 9.41. The third-order valence-electron chi connectivity index (χ3n) is 3.57. The maximum absolute atomic E-state index is 11.5. The van der Waals surface area contributed by atoms with E-state index in [-0.39, 0.29) is 17.6 Å². The summed E-state index contributed by atoms with van der Waals surface area (Å²) in [5, 5.41) is 3.30. The Morgan fingerprint density at radius 2 is 1.95 bits per heavy atom. The highest BCUT2D eigenvalue weighted by Gasteiger charge is 2.30. The van der Waals surface area contributed by atoms with Gasteiger partial charge in [-0.2, -0.15) is 0 Å². The minimum absolute atomic E-state index is 0.144. The molecule has 0 amide bonds. The van der Waals surface area contributed by atoms with Crippen molar-refractivity contribution in [3.05, 3.63) is 28.8 Å². The average Bonchev–Trinajstić information content (AvgIpc) is 2.71. The minimum atomic E-state index is -2.90. The molecule has 0 saturated carbocycles. The number of hydrogen-bond acceptors (Lipinski definition) is 4. The molecule has 1 aromatic rings. The Morgan fingerprint density at radius 1 is 1.30 bits per heavy atom. The van der Waals surface area contributed by atoms with Gasteiger partial charge in [-0.3, -0.25) is 0 Å². The Balaban J connectivity index is 2.12. The Bertz CT molecular complexity index is 558. The Hall–Kier alpha value is -1.07. The molecule has 0 spiro atoms. The van der Waals surface area contributed by atoms with Crippen LogP contribution in [0.25, 0.3) is 0 Å². The van der Waals surface area contributed by atoms with E-state index in [0.717, 1.165) is 30.0 Å². The molecule has 1 atom stereocenters. The normalized spacial score (nSPS) is 21.1. The second-order valence-electron chi connectivity index (χ2n) is 5.48. The summed E-state index contributed by atoms with van der Waals surface area (Å²) in [6.07, 6.45) is 0.400. The van der Waals surface area contributed by atoms with Crippen molar-refractivity contribution in [1.29, 1.82) is 0 Å². The molecule has 112 valence electrons. The lowest BCUT2D eigenvalue weighted by molar-refractivity contribution is 0.226. The van der Waals surface area contributed by atoms with Crippen molar-refractivity contribution in [3.8, 4) is 5.75 Å². The van der Waals surface area contributed by atoms with Crippen LogP contribution in [0.2, 0.25) is 0 Å². The summed E-state index contributed by atoms with van der Waals surface area (Å²) in [4.78, 5) is 0. The smallest absolute Gasteiger partial charge is 0.154 e. The van der Waals surface area contributed by atoms with Crippen LogP contribution in [0, 0.1) is 13.8 Å². The Labute approximate surface area is 121 Å². The van der Waals surface area contributed by atoms with E-state index in [9.17, 15) is 8.42 Å². The van der Waals surface area contributed by atoms with E-state index in [1.807, 2.05) is 13.8 Å². The molecule has 1 fully saturated rings. The first kappa shape index (κ1) is 15.3. The number of nitrogens with one attached hydrogen (secondary N) is 1. The van der Waals surface area contributed by atoms with Gasteiger partial charge in [0.05, 0.1) is 11.5 Å². The highest BCUT2D eigenvalue weighted by molar-refractivity contribution is 7.91. The monoisotopic (exact) mass is 297 g/mol. The minimum Gasteiger partial charge on any atom is -0.489 e. The Morgan fingerprint density at radius 3 is 2.45 bits per heavy atom. The zero-order valence-electron chi connectivity index (χ0n) is 12.4. The summed E-state index contributed by atoms with van der Waals surface area (Å²) in [6.45, 7) is 7.90. The first-order valence-corrected chi connectivity index (χ1v) is 8.91. The van der Waals surface area contributed by atoms with Crippen LogP contribution in [0.5, 0.6) is 5.75 Å². The molecule has 0 aromatic heterocycles. The number of ether oxygens (including phenoxy) is 1. The topological polar surface area (TPSA) is 55.4 Å². The largest absolute Gasteiger partial charge is 0.489 e. The maximum Gasteiger partial charge on any atom is 0.154 e. The fourth-order valence-corrected chi connectivity index (χ4v) is 4.21. The van der Waals surface area contributed by atoms with Crippen molar-refractivity contribution in [2.24, 2.45) is 0 Å². The first-order valence-electron chi connectivity index (χ1n) is 7.09. The SMILES string of the molecule is CCNCc1cc(C)c(OC2CCS(=O)(=O)C2)c(C)c1. The fraction of sp³-hybridized carbons (Fsp3) is 0.600. The molecule has 0 bridgehead atoms.